The average molecular weight is 865 g/mol. The van der Waals surface area contributed by atoms with Crippen LogP contribution in [0.2, 0.25) is 0 Å². The molecule has 16 nitrogen and oxygen atoms in total. The normalized spacial score (nSPS) is 18.4. The summed E-state index contributed by atoms with van der Waals surface area (Å²) >= 11 is 0. The quantitative estimate of drug-likeness (QED) is 0.128. The van der Waals surface area contributed by atoms with Crippen molar-refractivity contribution in [2.24, 2.45) is 5.92 Å². The highest BCUT2D eigenvalue weighted by Gasteiger charge is 2.30. The number of nitrogens with one attached hydrogen (secondary N) is 3. The third kappa shape index (κ3) is 8.91. The summed E-state index contributed by atoms with van der Waals surface area (Å²) in [5, 5.41) is 10.3. The molecule has 2 aromatic carbocycles. The molecule has 4 amide bonds. The van der Waals surface area contributed by atoms with E-state index in [4.69, 9.17) is 14.5 Å². The third-order valence-electron chi connectivity index (χ3n) is 12.9. The molecule has 0 bridgehead atoms. The number of aromatic amines is 1. The molecular weight excluding hydrogens is 809 g/mol. The lowest BCUT2D eigenvalue weighted by molar-refractivity contribution is -0.120. The summed E-state index contributed by atoms with van der Waals surface area (Å²) in [5.74, 6) is 1.44. The monoisotopic (exact) mass is 864 g/mol. The summed E-state index contributed by atoms with van der Waals surface area (Å²) in [5.41, 5.74) is 8.05. The molecule has 0 spiro atoms. The van der Waals surface area contributed by atoms with Crippen molar-refractivity contribution in [2.75, 3.05) is 60.5 Å². The van der Waals surface area contributed by atoms with Gasteiger partial charge in [0.05, 0.1) is 11.7 Å². The summed E-state index contributed by atoms with van der Waals surface area (Å²) in [7, 11) is 0. The maximum Gasteiger partial charge on any atom is 0.328 e. The summed E-state index contributed by atoms with van der Waals surface area (Å²) < 4.78 is 5.25. The Morgan fingerprint density at radius 2 is 1.69 bits per heavy atom. The van der Waals surface area contributed by atoms with E-state index in [2.05, 4.69) is 88.8 Å². The molecule has 3 N–H and O–H groups in total. The number of hydrogen-bond acceptors (Lipinski definition) is 12. The van der Waals surface area contributed by atoms with Crippen LogP contribution in [0.5, 0.6) is 0 Å². The molecule has 0 unspecified atom stereocenters. The van der Waals surface area contributed by atoms with E-state index in [-0.39, 0.29) is 29.3 Å². The number of benzene rings is 2. The molecule has 7 heterocycles. The van der Waals surface area contributed by atoms with Gasteiger partial charge in [0.25, 0.3) is 0 Å². The minimum absolute atomic E-state index is 0.0503. The Bertz CT molecular complexity index is 2660. The number of piperazine rings is 1. The van der Waals surface area contributed by atoms with Crippen molar-refractivity contribution in [1.82, 2.24) is 45.6 Å². The largest absolute Gasteiger partial charge is 0.372 e. The van der Waals surface area contributed by atoms with Crippen LogP contribution in [-0.2, 0) is 10.2 Å². The molecule has 64 heavy (non-hydrogen) atoms. The molecule has 4 aromatic heterocycles. The number of imide groups is 1. The van der Waals surface area contributed by atoms with Gasteiger partial charge in [-0.15, -0.1) is 0 Å². The van der Waals surface area contributed by atoms with E-state index in [1.54, 1.807) is 11.2 Å². The van der Waals surface area contributed by atoms with Crippen molar-refractivity contribution < 1.29 is 18.9 Å². The molecule has 3 fully saturated rings. The molecular formula is C48H56N12O4. The number of aromatic nitrogens is 6. The van der Waals surface area contributed by atoms with Crippen molar-refractivity contribution in [3.63, 3.8) is 0 Å². The maximum atomic E-state index is 13.0. The van der Waals surface area contributed by atoms with Gasteiger partial charge in [0.2, 0.25) is 5.91 Å². The van der Waals surface area contributed by atoms with Gasteiger partial charge in [-0.2, -0.15) is 4.98 Å². The first-order chi connectivity index (χ1) is 30.8. The van der Waals surface area contributed by atoms with E-state index in [1.807, 2.05) is 65.1 Å². The standard InChI is InChI=1S/C48H56N12O4/c1-29-23-33(7-13-37(29)31(3)52-44(62)45-55-46(56-64-45)48(4,5)6)42-38-24-39(53-43(38)51-28-50-42)34-8-14-40(49-25-34)59-22-21-57(26-30(59)2)27-32-15-18-58(19-16-32)35-9-11-36(12-10-35)60-20-17-41(61)54-47(60)63/h7-14,23-25,28,30-32H,15-22,26-27H2,1-6H3,(H,52,62)(H,50,51,53)(H,54,61,63)/t30-,31+/m0/s1. The SMILES string of the molecule is Cc1cc(-c2ncnc3[nH]c(-c4ccc(N5CCN(CC6CCN(c7ccc(N8CCC(=O)NC8=O)cc7)CC6)C[C@@H]5C)nc4)cc23)ccc1[C@@H](C)NC(=O)c1nc(C(C)(C)C)no1. The van der Waals surface area contributed by atoms with E-state index >= 15 is 0 Å². The molecule has 3 aliphatic heterocycles. The number of aryl methyl sites for hydroxylation is 1. The number of pyridine rings is 1. The van der Waals surface area contributed by atoms with Crippen molar-refractivity contribution in [1.29, 1.82) is 0 Å². The second-order valence-corrected chi connectivity index (χ2v) is 18.5. The number of fused-ring (bicyclic) bond motifs is 1. The van der Waals surface area contributed by atoms with Gasteiger partial charge in [-0.05, 0) is 99.2 Å². The number of urea groups is 1. The van der Waals surface area contributed by atoms with Crippen molar-refractivity contribution in [2.45, 2.75) is 78.3 Å². The van der Waals surface area contributed by atoms with E-state index in [9.17, 15) is 14.4 Å². The van der Waals surface area contributed by atoms with Crippen molar-refractivity contribution in [3.8, 4) is 22.5 Å². The minimum Gasteiger partial charge on any atom is -0.372 e. The zero-order valence-corrected chi connectivity index (χ0v) is 37.4. The van der Waals surface area contributed by atoms with Gasteiger partial charge in [-0.25, -0.2) is 19.7 Å². The smallest absolute Gasteiger partial charge is 0.328 e. The second kappa shape index (κ2) is 17.5. The Labute approximate surface area is 372 Å². The van der Waals surface area contributed by atoms with Crippen LogP contribution >= 0.6 is 0 Å². The number of H-pyrrole nitrogens is 1. The van der Waals surface area contributed by atoms with E-state index < -0.39 is 5.91 Å². The van der Waals surface area contributed by atoms with Crippen LogP contribution < -0.4 is 25.3 Å². The number of carbonyl (C=O) groups is 3. The van der Waals surface area contributed by atoms with Crippen LogP contribution in [0.4, 0.5) is 22.0 Å². The molecule has 0 saturated carbocycles. The topological polar surface area (TPSA) is 182 Å². The van der Waals surface area contributed by atoms with Gasteiger partial charge >= 0.3 is 17.8 Å². The Balaban J connectivity index is 0.782. The van der Waals surface area contributed by atoms with Gasteiger partial charge < -0.3 is 24.6 Å². The lowest BCUT2D eigenvalue weighted by Crippen LogP contribution is -2.53. The number of carbonyl (C=O) groups excluding carboxylic acids is 3. The van der Waals surface area contributed by atoms with E-state index in [1.165, 1.54) is 5.69 Å². The molecule has 3 aliphatic rings. The Kier molecular flexibility index (Phi) is 11.6. The lowest BCUT2D eigenvalue weighted by atomic mass is 9.95. The number of amides is 4. The molecule has 3 saturated heterocycles. The van der Waals surface area contributed by atoms with Crippen LogP contribution in [0.25, 0.3) is 33.5 Å². The second-order valence-electron chi connectivity index (χ2n) is 18.5. The van der Waals surface area contributed by atoms with Gasteiger partial charge in [0.1, 0.15) is 17.8 Å². The Hall–Kier alpha value is -6.68. The van der Waals surface area contributed by atoms with Crippen molar-refractivity contribution >= 4 is 46.1 Å². The molecule has 9 rings (SSSR count). The number of piperidine rings is 1. The minimum atomic E-state index is -0.412. The van der Waals surface area contributed by atoms with E-state index in [0.29, 0.717) is 30.7 Å². The molecule has 2 atom stereocenters. The van der Waals surface area contributed by atoms with Crippen molar-refractivity contribution in [3.05, 3.63) is 96.0 Å². The van der Waals surface area contributed by atoms with Crippen LogP contribution in [0.3, 0.4) is 0 Å². The summed E-state index contributed by atoms with van der Waals surface area (Å²) in [4.78, 5) is 67.9. The van der Waals surface area contributed by atoms with Gasteiger partial charge in [-0.3, -0.25) is 24.7 Å². The summed E-state index contributed by atoms with van der Waals surface area (Å²) in [6.07, 6.45) is 6.13. The molecule has 0 radical (unpaired) electrons. The Morgan fingerprint density at radius 3 is 2.38 bits per heavy atom. The van der Waals surface area contributed by atoms with Crippen LogP contribution in [0, 0.1) is 12.8 Å². The maximum absolute atomic E-state index is 13.0. The first-order valence-corrected chi connectivity index (χ1v) is 22.3. The predicted octanol–water partition coefficient (Wildman–Crippen LogP) is 7.04. The first-order valence-electron chi connectivity index (χ1n) is 22.3. The fraction of sp³-hybridized carbons (Fsp3) is 0.417. The fourth-order valence-corrected chi connectivity index (χ4v) is 9.24. The van der Waals surface area contributed by atoms with Crippen LogP contribution in [0.15, 0.2) is 77.7 Å². The third-order valence-corrected chi connectivity index (χ3v) is 12.9. The number of rotatable bonds is 10. The summed E-state index contributed by atoms with van der Waals surface area (Å²) in [6, 6.07) is 20.3. The first kappa shape index (κ1) is 42.6. The molecule has 6 aromatic rings. The lowest BCUT2D eigenvalue weighted by Gasteiger charge is -2.43. The van der Waals surface area contributed by atoms with E-state index in [0.717, 1.165) is 108 Å². The van der Waals surface area contributed by atoms with Crippen LogP contribution in [-0.4, -0.2) is 105 Å². The zero-order valence-electron chi connectivity index (χ0n) is 37.4. The number of anilines is 3. The molecule has 0 aliphatic carbocycles. The highest BCUT2D eigenvalue weighted by molar-refractivity contribution is 6.05. The zero-order chi connectivity index (χ0) is 44.7. The highest BCUT2D eigenvalue weighted by atomic mass is 16.5. The average Bonchev–Trinajstić information content (AvgIpc) is 3.97. The Morgan fingerprint density at radius 1 is 0.922 bits per heavy atom. The summed E-state index contributed by atoms with van der Waals surface area (Å²) in [6.45, 7) is 18.6. The van der Waals surface area contributed by atoms with Gasteiger partial charge in [-0.1, -0.05) is 38.1 Å². The molecule has 16 heteroatoms. The highest BCUT2D eigenvalue weighted by Crippen LogP contribution is 2.33. The van der Waals surface area contributed by atoms with Gasteiger partial charge in [0, 0.05) is 103 Å². The predicted molar refractivity (Wildman–Crippen MR) is 246 cm³/mol. The number of nitrogens with zero attached hydrogens (tertiary/aromatic N) is 9. The molecule has 332 valence electrons. The van der Waals surface area contributed by atoms with Crippen LogP contribution in [0.1, 0.15) is 87.6 Å². The fourth-order valence-electron chi connectivity index (χ4n) is 9.24. The number of hydrogen-bond donors (Lipinski definition) is 3. The van der Waals surface area contributed by atoms with Gasteiger partial charge in [0.15, 0.2) is 5.82 Å².